The van der Waals surface area contributed by atoms with Gasteiger partial charge in [0, 0.05) is 12.1 Å². The van der Waals surface area contributed by atoms with Crippen LogP contribution in [0.25, 0.3) is 0 Å². The van der Waals surface area contributed by atoms with Gasteiger partial charge in [0.1, 0.15) is 0 Å². The lowest BCUT2D eigenvalue weighted by Crippen LogP contribution is -2.49. The van der Waals surface area contributed by atoms with E-state index < -0.39 is 5.97 Å². The van der Waals surface area contributed by atoms with Gasteiger partial charge in [-0.25, -0.2) is 0 Å². The topological polar surface area (TPSA) is 49.3 Å². The monoisotopic (exact) mass is 265 g/mol. The summed E-state index contributed by atoms with van der Waals surface area (Å²) in [7, 11) is 0. The van der Waals surface area contributed by atoms with Gasteiger partial charge in [0.15, 0.2) is 0 Å². The van der Waals surface area contributed by atoms with E-state index in [9.17, 15) is 4.79 Å². The molecule has 1 aromatic rings. The van der Waals surface area contributed by atoms with Crippen molar-refractivity contribution in [2.24, 2.45) is 0 Å². The predicted octanol–water partition coefficient (Wildman–Crippen LogP) is 2.52. The number of benzene rings is 1. The minimum atomic E-state index is -0.706. The summed E-state index contributed by atoms with van der Waals surface area (Å²) in [5.74, 6) is 1.40. The molecule has 0 aromatic heterocycles. The number of carbonyl (C=O) groups is 1. The van der Waals surface area contributed by atoms with Crippen molar-refractivity contribution in [3.8, 4) is 0 Å². The Morgan fingerprint density at radius 2 is 1.94 bits per heavy atom. The molecule has 18 heavy (non-hydrogen) atoms. The third kappa shape index (κ3) is 3.75. The van der Waals surface area contributed by atoms with Gasteiger partial charge < -0.3 is 10.4 Å². The molecule has 0 aliphatic carbocycles. The largest absolute Gasteiger partial charge is 0.481 e. The lowest BCUT2D eigenvalue weighted by atomic mass is 9.88. The molecule has 2 rings (SSSR count). The summed E-state index contributed by atoms with van der Waals surface area (Å²) in [4.78, 5) is 11.0. The van der Waals surface area contributed by atoms with E-state index in [1.54, 1.807) is 0 Å². The second-order valence-electron chi connectivity index (χ2n) is 4.80. The lowest BCUT2D eigenvalue weighted by molar-refractivity contribution is -0.138. The van der Waals surface area contributed by atoms with Crippen molar-refractivity contribution in [3.05, 3.63) is 35.9 Å². The zero-order valence-electron chi connectivity index (χ0n) is 10.4. The molecule has 0 bridgehead atoms. The van der Waals surface area contributed by atoms with E-state index in [4.69, 9.17) is 5.11 Å². The van der Waals surface area contributed by atoms with E-state index in [1.165, 1.54) is 5.56 Å². The van der Waals surface area contributed by atoms with Gasteiger partial charge >= 0.3 is 5.97 Å². The molecular weight excluding hydrogens is 246 g/mol. The fourth-order valence-corrected chi connectivity index (χ4v) is 3.63. The van der Waals surface area contributed by atoms with Crippen LogP contribution in [0.4, 0.5) is 0 Å². The van der Waals surface area contributed by atoms with Gasteiger partial charge in [-0.15, -0.1) is 0 Å². The Hall–Kier alpha value is -1.00. The second kappa shape index (κ2) is 6.25. The number of thioether (sulfide) groups is 1. The second-order valence-corrected chi connectivity index (χ2v) is 6.03. The van der Waals surface area contributed by atoms with E-state index in [0.717, 1.165) is 30.9 Å². The summed E-state index contributed by atoms with van der Waals surface area (Å²) in [5.41, 5.74) is 0.993. The van der Waals surface area contributed by atoms with Crippen LogP contribution in [0.1, 0.15) is 24.8 Å². The number of rotatable bonds is 5. The molecule has 2 N–H and O–H groups in total. The van der Waals surface area contributed by atoms with Gasteiger partial charge in [-0.2, -0.15) is 11.8 Å². The predicted molar refractivity (Wildman–Crippen MR) is 74.8 cm³/mol. The fraction of sp³-hybridized carbons (Fsp3) is 0.500. The van der Waals surface area contributed by atoms with Crippen molar-refractivity contribution >= 4 is 17.7 Å². The van der Waals surface area contributed by atoms with Gasteiger partial charge in [0.25, 0.3) is 0 Å². The van der Waals surface area contributed by atoms with E-state index in [-0.39, 0.29) is 12.0 Å². The lowest BCUT2D eigenvalue weighted by Gasteiger charge is -2.37. The van der Waals surface area contributed by atoms with Crippen LogP contribution in [0.5, 0.6) is 0 Å². The van der Waals surface area contributed by atoms with Gasteiger partial charge in [-0.3, -0.25) is 4.79 Å². The molecule has 0 amide bonds. The standard InChI is InChI=1S/C14H19NO2S/c16-13(17)10-14(6-8-18-9-7-14)15-11-12-4-2-1-3-5-12/h1-5,15H,6-11H2,(H,16,17). The maximum atomic E-state index is 11.0. The van der Waals surface area contributed by atoms with Crippen LogP contribution in [-0.4, -0.2) is 28.1 Å². The molecule has 0 saturated carbocycles. The van der Waals surface area contributed by atoms with Gasteiger partial charge in [0.2, 0.25) is 0 Å². The van der Waals surface area contributed by atoms with E-state index in [0.29, 0.717) is 0 Å². The highest BCUT2D eigenvalue weighted by Crippen LogP contribution is 2.30. The van der Waals surface area contributed by atoms with Crippen molar-refractivity contribution in [1.29, 1.82) is 0 Å². The number of carboxylic acid groups (broad SMARTS) is 1. The number of carboxylic acids is 1. The summed E-state index contributed by atoms with van der Waals surface area (Å²) < 4.78 is 0. The molecule has 1 aliphatic rings. The molecule has 0 unspecified atom stereocenters. The van der Waals surface area contributed by atoms with E-state index >= 15 is 0 Å². The molecule has 1 fully saturated rings. The van der Waals surface area contributed by atoms with Crippen molar-refractivity contribution in [3.63, 3.8) is 0 Å². The van der Waals surface area contributed by atoms with Crippen LogP contribution < -0.4 is 5.32 Å². The Morgan fingerprint density at radius 1 is 1.28 bits per heavy atom. The summed E-state index contributed by atoms with van der Waals surface area (Å²) in [6, 6.07) is 10.2. The average Bonchev–Trinajstić information content (AvgIpc) is 2.38. The number of aliphatic carboxylic acids is 1. The Balaban J connectivity index is 1.99. The van der Waals surface area contributed by atoms with Crippen LogP contribution in [0.2, 0.25) is 0 Å². The van der Waals surface area contributed by atoms with Crippen molar-refractivity contribution < 1.29 is 9.90 Å². The highest BCUT2D eigenvalue weighted by molar-refractivity contribution is 7.99. The Morgan fingerprint density at radius 3 is 2.56 bits per heavy atom. The summed E-state index contributed by atoms with van der Waals surface area (Å²) in [6.45, 7) is 0.749. The molecule has 1 saturated heterocycles. The molecule has 4 heteroatoms. The first-order valence-corrected chi connectivity index (χ1v) is 7.44. The maximum Gasteiger partial charge on any atom is 0.305 e. The molecule has 0 atom stereocenters. The molecule has 98 valence electrons. The quantitative estimate of drug-likeness (QED) is 0.859. The van der Waals surface area contributed by atoms with Crippen molar-refractivity contribution in [2.75, 3.05) is 11.5 Å². The van der Waals surface area contributed by atoms with Gasteiger partial charge in [0.05, 0.1) is 6.42 Å². The third-order valence-electron chi connectivity index (χ3n) is 3.45. The first kappa shape index (κ1) is 13.4. The summed E-state index contributed by atoms with van der Waals surface area (Å²) in [6.07, 6.45) is 2.11. The zero-order chi connectivity index (χ0) is 12.8. The fourth-order valence-electron chi connectivity index (χ4n) is 2.35. The number of hydrogen-bond donors (Lipinski definition) is 2. The minimum absolute atomic E-state index is 0.215. The SMILES string of the molecule is O=C(O)CC1(NCc2ccccc2)CCSCC1. The van der Waals surface area contributed by atoms with Crippen LogP contribution in [0, 0.1) is 0 Å². The van der Waals surface area contributed by atoms with Gasteiger partial charge in [-0.1, -0.05) is 30.3 Å². The Kier molecular flexibility index (Phi) is 4.66. The zero-order valence-corrected chi connectivity index (χ0v) is 11.2. The molecular formula is C14H19NO2S. The third-order valence-corrected chi connectivity index (χ3v) is 4.44. The molecule has 3 nitrogen and oxygen atoms in total. The minimum Gasteiger partial charge on any atom is -0.481 e. The average molecular weight is 265 g/mol. The normalized spacial score (nSPS) is 18.4. The number of hydrogen-bond acceptors (Lipinski definition) is 3. The molecule has 0 spiro atoms. The Bertz CT molecular complexity index is 388. The molecule has 1 aliphatic heterocycles. The van der Waals surface area contributed by atoms with Crippen molar-refractivity contribution in [1.82, 2.24) is 5.32 Å². The van der Waals surface area contributed by atoms with Crippen molar-refractivity contribution in [2.45, 2.75) is 31.3 Å². The van der Waals surface area contributed by atoms with Gasteiger partial charge in [-0.05, 0) is 29.9 Å². The highest BCUT2D eigenvalue weighted by Gasteiger charge is 2.33. The van der Waals surface area contributed by atoms with E-state index in [1.807, 2.05) is 30.0 Å². The summed E-state index contributed by atoms with van der Waals surface area (Å²) in [5, 5.41) is 12.6. The summed E-state index contributed by atoms with van der Waals surface area (Å²) >= 11 is 1.91. The van der Waals surface area contributed by atoms with Crippen LogP contribution >= 0.6 is 11.8 Å². The molecule has 1 heterocycles. The first-order valence-electron chi connectivity index (χ1n) is 6.29. The smallest absolute Gasteiger partial charge is 0.305 e. The van der Waals surface area contributed by atoms with E-state index in [2.05, 4.69) is 17.4 Å². The maximum absolute atomic E-state index is 11.0. The van der Waals surface area contributed by atoms with Crippen LogP contribution in [0.15, 0.2) is 30.3 Å². The highest BCUT2D eigenvalue weighted by atomic mass is 32.2. The van der Waals surface area contributed by atoms with Crippen LogP contribution in [0.3, 0.4) is 0 Å². The van der Waals surface area contributed by atoms with Crippen LogP contribution in [-0.2, 0) is 11.3 Å². The Labute approximate surface area is 112 Å². The first-order chi connectivity index (χ1) is 8.70. The molecule has 0 radical (unpaired) electrons. The number of nitrogens with one attached hydrogen (secondary N) is 1. The molecule has 1 aromatic carbocycles.